The first-order valence-corrected chi connectivity index (χ1v) is 10.4. The fourth-order valence-electron chi connectivity index (χ4n) is 3.32. The number of aromatic amines is 1. The topological polar surface area (TPSA) is 150 Å². The number of aromatic nitrogens is 1. The highest BCUT2D eigenvalue weighted by molar-refractivity contribution is 6.05. The molecule has 0 unspecified atom stereocenters. The van der Waals surface area contributed by atoms with Gasteiger partial charge < -0.3 is 15.4 Å². The van der Waals surface area contributed by atoms with Gasteiger partial charge in [-0.1, -0.05) is 29.8 Å². The van der Waals surface area contributed by atoms with Crippen LogP contribution < -0.4 is 5.32 Å². The third-order valence-electron chi connectivity index (χ3n) is 5.08. The lowest BCUT2D eigenvalue weighted by Crippen LogP contribution is -2.26. The number of hydrogen-bond acceptors (Lipinski definition) is 6. The van der Waals surface area contributed by atoms with Gasteiger partial charge in [0.05, 0.1) is 10.4 Å². The zero-order valence-electron chi connectivity index (χ0n) is 18.4. The van der Waals surface area contributed by atoms with Gasteiger partial charge in [0.1, 0.15) is 5.70 Å². The van der Waals surface area contributed by atoms with E-state index in [4.69, 9.17) is 0 Å². The maximum atomic E-state index is 13.0. The standard InChI is InChI=1S/C25H19N5O5/c1-15-7-12-20-19(13-15)22(25(33)26-20)28-29-24(32)21(27-23(31)17-5-3-2-4-6-17)14-16-8-10-18(11-9-16)30(34)35/h2-14,26,33H,1H3,(H,27,31)/b21-14-,29-28?. The minimum Gasteiger partial charge on any atom is -0.493 e. The molecule has 0 atom stereocenters. The van der Waals surface area contributed by atoms with Crippen molar-refractivity contribution >= 4 is 40.2 Å². The molecule has 1 aromatic heterocycles. The lowest BCUT2D eigenvalue weighted by molar-refractivity contribution is -0.384. The Bertz CT molecular complexity index is 1490. The number of nitro groups is 1. The summed E-state index contributed by atoms with van der Waals surface area (Å²) in [7, 11) is 0. The third-order valence-corrected chi connectivity index (χ3v) is 5.08. The number of amides is 2. The largest absolute Gasteiger partial charge is 0.493 e. The van der Waals surface area contributed by atoms with Crippen LogP contribution in [-0.2, 0) is 4.79 Å². The van der Waals surface area contributed by atoms with E-state index < -0.39 is 16.7 Å². The second kappa shape index (κ2) is 9.79. The van der Waals surface area contributed by atoms with Crippen molar-refractivity contribution in [2.24, 2.45) is 10.2 Å². The number of nitrogens with zero attached hydrogens (tertiary/aromatic N) is 3. The number of carbonyl (C=O) groups excluding carboxylic acids is 2. The van der Waals surface area contributed by atoms with Gasteiger partial charge in [0.2, 0.25) is 5.88 Å². The molecule has 0 radical (unpaired) electrons. The van der Waals surface area contributed by atoms with Gasteiger partial charge in [0, 0.05) is 23.1 Å². The van der Waals surface area contributed by atoms with Crippen molar-refractivity contribution < 1.29 is 19.6 Å². The Kier molecular flexibility index (Phi) is 6.45. The minimum absolute atomic E-state index is 0.0844. The molecule has 10 heteroatoms. The smallest absolute Gasteiger partial charge is 0.311 e. The van der Waals surface area contributed by atoms with Crippen LogP contribution in [0.4, 0.5) is 11.4 Å². The van der Waals surface area contributed by atoms with E-state index in [1.165, 1.54) is 30.3 Å². The van der Waals surface area contributed by atoms with E-state index in [0.717, 1.165) is 5.56 Å². The Morgan fingerprint density at radius 3 is 2.46 bits per heavy atom. The highest BCUT2D eigenvalue weighted by Gasteiger charge is 2.16. The van der Waals surface area contributed by atoms with Crippen LogP contribution in [0.25, 0.3) is 17.0 Å². The summed E-state index contributed by atoms with van der Waals surface area (Å²) in [6, 6.07) is 19.1. The maximum Gasteiger partial charge on any atom is 0.311 e. The zero-order chi connectivity index (χ0) is 24.9. The molecule has 1 heterocycles. The molecular weight excluding hydrogens is 450 g/mol. The molecule has 4 rings (SSSR count). The molecule has 35 heavy (non-hydrogen) atoms. The lowest BCUT2D eigenvalue weighted by atomic mass is 10.1. The quantitative estimate of drug-likeness (QED) is 0.154. The average molecular weight is 469 g/mol. The first kappa shape index (κ1) is 23.1. The van der Waals surface area contributed by atoms with Crippen molar-refractivity contribution in [1.82, 2.24) is 10.3 Å². The van der Waals surface area contributed by atoms with E-state index in [-0.39, 0.29) is 23.0 Å². The summed E-state index contributed by atoms with van der Waals surface area (Å²) in [6.07, 6.45) is 1.34. The van der Waals surface area contributed by atoms with E-state index in [0.29, 0.717) is 22.0 Å². The Balaban J connectivity index is 1.68. The minimum atomic E-state index is -0.881. The zero-order valence-corrected chi connectivity index (χ0v) is 18.4. The van der Waals surface area contributed by atoms with Crippen LogP contribution in [-0.4, -0.2) is 26.8 Å². The van der Waals surface area contributed by atoms with Gasteiger partial charge in [0.15, 0.2) is 5.69 Å². The van der Waals surface area contributed by atoms with Gasteiger partial charge in [-0.15, -0.1) is 10.2 Å². The van der Waals surface area contributed by atoms with E-state index in [9.17, 15) is 24.8 Å². The number of nitro benzene ring substituents is 1. The van der Waals surface area contributed by atoms with Crippen LogP contribution >= 0.6 is 0 Å². The molecule has 0 aliphatic rings. The number of nitrogens with one attached hydrogen (secondary N) is 2. The number of azo groups is 1. The maximum absolute atomic E-state index is 13.0. The number of fused-ring (bicyclic) bond motifs is 1. The van der Waals surface area contributed by atoms with Gasteiger partial charge >= 0.3 is 5.91 Å². The van der Waals surface area contributed by atoms with E-state index >= 15 is 0 Å². The van der Waals surface area contributed by atoms with Gasteiger partial charge in [-0.2, -0.15) is 0 Å². The van der Waals surface area contributed by atoms with Crippen molar-refractivity contribution in [3.8, 4) is 5.88 Å². The summed E-state index contributed by atoms with van der Waals surface area (Å²) in [6.45, 7) is 1.87. The molecule has 0 spiro atoms. The predicted octanol–water partition coefficient (Wildman–Crippen LogP) is 5.17. The molecule has 0 saturated heterocycles. The van der Waals surface area contributed by atoms with Gasteiger partial charge in [-0.3, -0.25) is 19.7 Å². The molecule has 3 N–H and O–H groups in total. The van der Waals surface area contributed by atoms with Crippen molar-refractivity contribution in [2.45, 2.75) is 6.92 Å². The number of aryl methyl sites for hydroxylation is 1. The molecule has 3 aromatic carbocycles. The SMILES string of the molecule is Cc1ccc2[nH]c(O)c(N=NC(=O)/C(=C/c3ccc([N+](=O)[O-])cc3)NC(=O)c3ccccc3)c2c1. The van der Waals surface area contributed by atoms with Crippen molar-refractivity contribution in [2.75, 3.05) is 0 Å². The molecule has 4 aromatic rings. The highest BCUT2D eigenvalue weighted by Crippen LogP contribution is 2.36. The number of non-ortho nitro benzene ring substituents is 1. The normalized spacial score (nSPS) is 11.6. The lowest BCUT2D eigenvalue weighted by Gasteiger charge is -2.07. The van der Waals surface area contributed by atoms with Crippen LogP contribution in [0.3, 0.4) is 0 Å². The summed E-state index contributed by atoms with van der Waals surface area (Å²) in [4.78, 5) is 38.8. The molecule has 0 fully saturated rings. The molecule has 2 amide bonds. The number of rotatable bonds is 6. The molecule has 0 saturated carbocycles. The van der Waals surface area contributed by atoms with Crippen molar-refractivity contribution in [3.63, 3.8) is 0 Å². The Labute approximate surface area is 198 Å². The molecule has 10 nitrogen and oxygen atoms in total. The number of hydrogen-bond donors (Lipinski definition) is 3. The number of H-pyrrole nitrogens is 1. The summed E-state index contributed by atoms with van der Waals surface area (Å²) >= 11 is 0. The van der Waals surface area contributed by atoms with Crippen LogP contribution in [0, 0.1) is 17.0 Å². The Morgan fingerprint density at radius 1 is 1.06 bits per heavy atom. The van der Waals surface area contributed by atoms with E-state index in [1.54, 1.807) is 42.5 Å². The van der Waals surface area contributed by atoms with Gasteiger partial charge in [0.25, 0.3) is 11.6 Å². The van der Waals surface area contributed by atoms with Crippen LogP contribution in [0.1, 0.15) is 21.5 Å². The second-order valence-electron chi connectivity index (χ2n) is 7.60. The van der Waals surface area contributed by atoms with Crippen molar-refractivity contribution in [1.29, 1.82) is 0 Å². The van der Waals surface area contributed by atoms with Gasteiger partial charge in [-0.25, -0.2) is 0 Å². The summed E-state index contributed by atoms with van der Waals surface area (Å²) in [5.41, 5.74) is 2.05. The van der Waals surface area contributed by atoms with Crippen LogP contribution in [0.2, 0.25) is 0 Å². The summed E-state index contributed by atoms with van der Waals surface area (Å²) in [5.74, 6) is -1.68. The Morgan fingerprint density at radius 2 is 1.77 bits per heavy atom. The second-order valence-corrected chi connectivity index (χ2v) is 7.60. The first-order valence-electron chi connectivity index (χ1n) is 10.4. The summed E-state index contributed by atoms with van der Waals surface area (Å²) in [5, 5.41) is 31.9. The third kappa shape index (κ3) is 5.28. The number of carbonyl (C=O) groups is 2. The number of benzene rings is 3. The molecule has 0 aliphatic carbocycles. The molecule has 174 valence electrons. The molecule has 0 aliphatic heterocycles. The van der Waals surface area contributed by atoms with E-state index in [2.05, 4.69) is 20.5 Å². The fraction of sp³-hybridized carbons (Fsp3) is 0.0400. The average Bonchev–Trinajstić information content (AvgIpc) is 3.16. The van der Waals surface area contributed by atoms with Crippen LogP contribution in [0.5, 0.6) is 5.88 Å². The molecule has 0 bridgehead atoms. The van der Waals surface area contributed by atoms with Crippen molar-refractivity contribution in [3.05, 3.63) is 105 Å². The fourth-order valence-corrected chi connectivity index (χ4v) is 3.32. The molecular formula is C25H19N5O5. The number of aromatic hydroxyl groups is 1. The first-order chi connectivity index (χ1) is 16.8. The van der Waals surface area contributed by atoms with E-state index in [1.807, 2.05) is 13.0 Å². The predicted molar refractivity (Wildman–Crippen MR) is 129 cm³/mol. The van der Waals surface area contributed by atoms with Gasteiger partial charge in [-0.05, 0) is 55.0 Å². The highest BCUT2D eigenvalue weighted by atomic mass is 16.6. The summed E-state index contributed by atoms with van der Waals surface area (Å²) < 4.78 is 0. The Hall–Kier alpha value is -5.12. The monoisotopic (exact) mass is 469 g/mol. The van der Waals surface area contributed by atoms with Crippen LogP contribution in [0.15, 0.2) is 88.7 Å².